The highest BCUT2D eigenvalue weighted by Crippen LogP contribution is 2.35. The molecule has 2 aromatic rings. The first kappa shape index (κ1) is 13.1. The first-order chi connectivity index (χ1) is 9.65. The van der Waals surface area contributed by atoms with Crippen molar-refractivity contribution in [3.8, 4) is 5.75 Å². The highest BCUT2D eigenvalue weighted by atomic mass is 19.1. The minimum atomic E-state index is -1.10. The number of aliphatic hydroxyl groups excluding tert-OH is 1. The molecule has 1 aliphatic rings. The van der Waals surface area contributed by atoms with Gasteiger partial charge in [-0.05, 0) is 36.1 Å². The Bertz CT molecular complexity index is 620. The molecule has 1 heterocycles. The lowest BCUT2D eigenvalue weighted by molar-refractivity contribution is 0.206. The van der Waals surface area contributed by atoms with Gasteiger partial charge in [-0.25, -0.2) is 8.78 Å². The van der Waals surface area contributed by atoms with Gasteiger partial charge in [0.15, 0.2) is 0 Å². The van der Waals surface area contributed by atoms with E-state index in [1.54, 1.807) is 6.07 Å². The van der Waals surface area contributed by atoms with E-state index >= 15 is 0 Å². The third-order valence-corrected chi connectivity index (χ3v) is 3.46. The van der Waals surface area contributed by atoms with Crippen LogP contribution in [0.2, 0.25) is 0 Å². The maximum Gasteiger partial charge on any atom is 0.128 e. The molecule has 1 N–H and O–H groups in total. The number of rotatable bonds is 2. The number of ether oxygens (including phenoxy) is 1. The quantitative estimate of drug-likeness (QED) is 0.911. The van der Waals surface area contributed by atoms with Crippen LogP contribution in [0.15, 0.2) is 36.4 Å². The highest BCUT2D eigenvalue weighted by Gasteiger charge is 2.21. The molecule has 4 heteroatoms. The van der Waals surface area contributed by atoms with Crippen molar-refractivity contribution in [2.75, 3.05) is 6.61 Å². The van der Waals surface area contributed by atoms with Crippen LogP contribution in [0.1, 0.15) is 29.2 Å². The van der Waals surface area contributed by atoms with Crippen molar-refractivity contribution in [3.63, 3.8) is 0 Å². The number of hydrogen-bond donors (Lipinski definition) is 1. The number of aryl methyl sites for hydroxylation is 1. The molecule has 3 rings (SSSR count). The Hall–Kier alpha value is -1.94. The SMILES string of the molecule is OC(c1cc(F)cc(F)c1)c1cccc2c1OCCC2. The fourth-order valence-electron chi connectivity index (χ4n) is 2.54. The molecule has 1 atom stereocenters. The third-order valence-electron chi connectivity index (χ3n) is 3.46. The summed E-state index contributed by atoms with van der Waals surface area (Å²) in [5, 5.41) is 10.4. The van der Waals surface area contributed by atoms with Gasteiger partial charge in [-0.3, -0.25) is 0 Å². The van der Waals surface area contributed by atoms with E-state index in [0.29, 0.717) is 17.9 Å². The van der Waals surface area contributed by atoms with Crippen LogP contribution in [-0.4, -0.2) is 11.7 Å². The summed E-state index contributed by atoms with van der Waals surface area (Å²) >= 11 is 0. The van der Waals surface area contributed by atoms with Gasteiger partial charge in [0, 0.05) is 11.6 Å². The normalized spacial score (nSPS) is 15.3. The summed E-state index contributed by atoms with van der Waals surface area (Å²) in [4.78, 5) is 0. The second-order valence-electron chi connectivity index (χ2n) is 4.89. The fourth-order valence-corrected chi connectivity index (χ4v) is 2.54. The number of benzene rings is 2. The smallest absolute Gasteiger partial charge is 0.128 e. The van der Waals surface area contributed by atoms with E-state index in [9.17, 15) is 13.9 Å². The zero-order chi connectivity index (χ0) is 14.1. The lowest BCUT2D eigenvalue weighted by Gasteiger charge is -2.23. The number of halogens is 2. The Kier molecular flexibility index (Phi) is 3.40. The Morgan fingerprint density at radius 2 is 1.85 bits per heavy atom. The van der Waals surface area contributed by atoms with Gasteiger partial charge in [0.05, 0.1) is 6.61 Å². The van der Waals surface area contributed by atoms with Crippen LogP contribution in [-0.2, 0) is 6.42 Å². The van der Waals surface area contributed by atoms with Gasteiger partial charge in [-0.2, -0.15) is 0 Å². The van der Waals surface area contributed by atoms with Crippen molar-refractivity contribution in [2.45, 2.75) is 18.9 Å². The number of para-hydroxylation sites is 1. The van der Waals surface area contributed by atoms with Crippen molar-refractivity contribution >= 4 is 0 Å². The molecule has 0 radical (unpaired) electrons. The molecule has 20 heavy (non-hydrogen) atoms. The molecule has 0 saturated carbocycles. The van der Waals surface area contributed by atoms with Gasteiger partial charge in [-0.1, -0.05) is 18.2 Å². The lowest BCUT2D eigenvalue weighted by Crippen LogP contribution is -2.12. The van der Waals surface area contributed by atoms with Gasteiger partial charge in [0.25, 0.3) is 0 Å². The molecule has 1 aliphatic heterocycles. The van der Waals surface area contributed by atoms with Crippen molar-refractivity contribution in [1.82, 2.24) is 0 Å². The van der Waals surface area contributed by atoms with Crippen LogP contribution in [0.5, 0.6) is 5.75 Å². The molecular formula is C16H14F2O2. The molecule has 0 aromatic heterocycles. The first-order valence-electron chi connectivity index (χ1n) is 6.54. The Labute approximate surface area is 115 Å². The van der Waals surface area contributed by atoms with Gasteiger partial charge in [0.1, 0.15) is 23.5 Å². The molecule has 0 bridgehead atoms. The van der Waals surface area contributed by atoms with Crippen molar-refractivity contribution in [1.29, 1.82) is 0 Å². The van der Waals surface area contributed by atoms with E-state index in [-0.39, 0.29) is 5.56 Å². The number of fused-ring (bicyclic) bond motifs is 1. The Morgan fingerprint density at radius 3 is 2.60 bits per heavy atom. The highest BCUT2D eigenvalue weighted by molar-refractivity contribution is 5.46. The monoisotopic (exact) mass is 276 g/mol. The van der Waals surface area contributed by atoms with Crippen molar-refractivity contribution in [2.24, 2.45) is 0 Å². The average Bonchev–Trinajstić information content (AvgIpc) is 2.45. The predicted octanol–water partition coefficient (Wildman–Crippen LogP) is 3.37. The van der Waals surface area contributed by atoms with E-state index in [4.69, 9.17) is 4.74 Å². The summed E-state index contributed by atoms with van der Waals surface area (Å²) < 4.78 is 32.1. The maximum absolute atomic E-state index is 13.3. The van der Waals surface area contributed by atoms with E-state index in [2.05, 4.69) is 0 Å². The van der Waals surface area contributed by atoms with E-state index in [0.717, 1.165) is 36.6 Å². The first-order valence-corrected chi connectivity index (χ1v) is 6.54. The standard InChI is InChI=1S/C16H14F2O2/c17-12-7-11(8-13(18)9-12)15(19)14-5-1-3-10-4-2-6-20-16(10)14/h1,3,5,7-9,15,19H,2,4,6H2. The van der Waals surface area contributed by atoms with Gasteiger partial charge < -0.3 is 9.84 Å². The molecule has 0 aliphatic carbocycles. The van der Waals surface area contributed by atoms with Crippen molar-refractivity contribution < 1.29 is 18.6 Å². The molecule has 0 amide bonds. The summed E-state index contributed by atoms with van der Waals surface area (Å²) in [6.45, 7) is 0.592. The van der Waals surface area contributed by atoms with E-state index in [1.165, 1.54) is 0 Å². The molecule has 2 nitrogen and oxygen atoms in total. The van der Waals surface area contributed by atoms with Crippen LogP contribution in [0.4, 0.5) is 8.78 Å². The minimum Gasteiger partial charge on any atom is -0.493 e. The third kappa shape index (κ3) is 2.39. The Balaban J connectivity index is 2.04. The molecule has 2 aromatic carbocycles. The second kappa shape index (κ2) is 5.21. The van der Waals surface area contributed by atoms with Crippen LogP contribution < -0.4 is 4.74 Å². The van der Waals surface area contributed by atoms with Gasteiger partial charge in [-0.15, -0.1) is 0 Å². The topological polar surface area (TPSA) is 29.5 Å². The summed E-state index contributed by atoms with van der Waals surface area (Å²) in [5.41, 5.74) is 1.75. The zero-order valence-corrected chi connectivity index (χ0v) is 10.8. The van der Waals surface area contributed by atoms with Gasteiger partial charge in [0.2, 0.25) is 0 Å². The summed E-state index contributed by atoms with van der Waals surface area (Å²) in [5.74, 6) is -0.773. The maximum atomic E-state index is 13.3. The van der Waals surface area contributed by atoms with Crippen LogP contribution in [0, 0.1) is 11.6 Å². The number of hydrogen-bond acceptors (Lipinski definition) is 2. The number of aliphatic hydroxyl groups is 1. The Morgan fingerprint density at radius 1 is 1.10 bits per heavy atom. The fraction of sp³-hybridized carbons (Fsp3) is 0.250. The van der Waals surface area contributed by atoms with Crippen LogP contribution in [0.3, 0.4) is 0 Å². The van der Waals surface area contributed by atoms with E-state index < -0.39 is 17.7 Å². The molecular weight excluding hydrogens is 262 g/mol. The average molecular weight is 276 g/mol. The van der Waals surface area contributed by atoms with Crippen molar-refractivity contribution in [3.05, 3.63) is 64.7 Å². The summed E-state index contributed by atoms with van der Waals surface area (Å²) in [6.07, 6.45) is 0.711. The summed E-state index contributed by atoms with van der Waals surface area (Å²) in [6, 6.07) is 8.54. The lowest BCUT2D eigenvalue weighted by atomic mass is 9.95. The van der Waals surface area contributed by atoms with Gasteiger partial charge >= 0.3 is 0 Å². The van der Waals surface area contributed by atoms with Crippen LogP contribution in [0.25, 0.3) is 0 Å². The molecule has 0 saturated heterocycles. The van der Waals surface area contributed by atoms with E-state index in [1.807, 2.05) is 12.1 Å². The molecule has 0 fully saturated rings. The molecule has 0 spiro atoms. The minimum absolute atomic E-state index is 0.185. The summed E-state index contributed by atoms with van der Waals surface area (Å²) in [7, 11) is 0. The largest absolute Gasteiger partial charge is 0.493 e. The zero-order valence-electron chi connectivity index (χ0n) is 10.8. The molecule has 104 valence electrons. The predicted molar refractivity (Wildman–Crippen MR) is 70.7 cm³/mol. The van der Waals surface area contributed by atoms with Crippen LogP contribution >= 0.6 is 0 Å². The second-order valence-corrected chi connectivity index (χ2v) is 4.89. The molecule has 1 unspecified atom stereocenters.